The molecule has 1 saturated heterocycles. The monoisotopic (exact) mass is 425 g/mol. The van der Waals surface area contributed by atoms with Gasteiger partial charge in [0.05, 0.1) is 24.6 Å². The van der Waals surface area contributed by atoms with Crippen molar-refractivity contribution in [3.8, 4) is 6.07 Å². The van der Waals surface area contributed by atoms with Crippen LogP contribution in [0.3, 0.4) is 0 Å². The molecule has 1 aliphatic carbocycles. The van der Waals surface area contributed by atoms with Crippen molar-refractivity contribution in [2.75, 3.05) is 22.9 Å². The SMILES string of the molecule is CC(C)(C)OC(=O)N(C[C@H]1CN(c2ccc(C3(C#N)CC3)cc2)C(=O)O1)c1ncon1. The van der Waals surface area contributed by atoms with Crippen molar-refractivity contribution in [1.82, 2.24) is 10.1 Å². The molecule has 2 amide bonds. The van der Waals surface area contributed by atoms with Gasteiger partial charge in [0.2, 0.25) is 6.39 Å². The number of hydrogen-bond acceptors (Lipinski definition) is 8. The van der Waals surface area contributed by atoms with Gasteiger partial charge in [0.25, 0.3) is 5.95 Å². The maximum atomic E-state index is 12.6. The predicted molar refractivity (Wildman–Crippen MR) is 108 cm³/mol. The fourth-order valence-electron chi connectivity index (χ4n) is 3.42. The fraction of sp³-hybridized carbons (Fsp3) is 0.476. The molecule has 0 unspecified atom stereocenters. The predicted octanol–water partition coefficient (Wildman–Crippen LogP) is 3.39. The number of nitrogens with zero attached hydrogens (tertiary/aromatic N) is 5. The number of hydrogen-bond donors (Lipinski definition) is 0. The summed E-state index contributed by atoms with van der Waals surface area (Å²) in [6.07, 6.45) is 1.01. The summed E-state index contributed by atoms with van der Waals surface area (Å²) in [6, 6.07) is 9.72. The Balaban J connectivity index is 1.46. The third kappa shape index (κ3) is 4.30. The van der Waals surface area contributed by atoms with E-state index < -0.39 is 23.9 Å². The summed E-state index contributed by atoms with van der Waals surface area (Å²) in [6.45, 7) is 5.49. The highest BCUT2D eigenvalue weighted by molar-refractivity contribution is 5.90. The quantitative estimate of drug-likeness (QED) is 0.714. The van der Waals surface area contributed by atoms with E-state index in [-0.39, 0.29) is 24.5 Å². The van der Waals surface area contributed by atoms with Gasteiger partial charge in [-0.25, -0.2) is 14.5 Å². The molecule has 10 nitrogen and oxygen atoms in total. The lowest BCUT2D eigenvalue weighted by atomic mass is 9.97. The van der Waals surface area contributed by atoms with Gasteiger partial charge < -0.3 is 14.0 Å². The molecule has 1 atom stereocenters. The molecule has 0 N–H and O–H groups in total. The largest absolute Gasteiger partial charge is 0.443 e. The Bertz CT molecular complexity index is 1000. The van der Waals surface area contributed by atoms with Gasteiger partial charge in [0.15, 0.2) is 0 Å². The zero-order chi connectivity index (χ0) is 22.2. The number of cyclic esters (lactones) is 1. The van der Waals surface area contributed by atoms with Crippen molar-refractivity contribution in [2.45, 2.75) is 50.7 Å². The standard InChI is InChI=1S/C21H23N5O5/c1-20(2,3)31-19(28)26(17-23-13-29-24-17)11-16-10-25(18(27)30-16)15-6-4-14(5-7-15)21(12-22)8-9-21/h4-7,13,16H,8-11H2,1-3H3/t16-/m1/s1. The molecule has 0 spiro atoms. The minimum atomic E-state index is -0.721. The molecule has 162 valence electrons. The molecule has 2 aliphatic rings. The van der Waals surface area contributed by atoms with Crippen LogP contribution < -0.4 is 9.80 Å². The molecule has 1 saturated carbocycles. The second kappa shape index (κ2) is 7.58. The van der Waals surface area contributed by atoms with E-state index in [2.05, 4.69) is 16.2 Å². The molecule has 2 heterocycles. The lowest BCUT2D eigenvalue weighted by Gasteiger charge is -2.26. The summed E-state index contributed by atoms with van der Waals surface area (Å²) in [5, 5.41) is 13.1. The van der Waals surface area contributed by atoms with Crippen LogP contribution >= 0.6 is 0 Å². The van der Waals surface area contributed by atoms with Gasteiger partial charge in [-0.15, -0.1) is 0 Å². The Labute approximate surface area is 179 Å². The van der Waals surface area contributed by atoms with Crippen molar-refractivity contribution in [3.63, 3.8) is 0 Å². The van der Waals surface area contributed by atoms with Crippen LogP contribution in [-0.2, 0) is 14.9 Å². The van der Waals surface area contributed by atoms with Crippen LogP contribution in [0.4, 0.5) is 21.2 Å². The van der Waals surface area contributed by atoms with Crippen LogP contribution in [0.25, 0.3) is 0 Å². The maximum Gasteiger partial charge on any atom is 0.417 e. The zero-order valence-corrected chi connectivity index (χ0v) is 17.6. The smallest absolute Gasteiger partial charge is 0.417 e. The van der Waals surface area contributed by atoms with E-state index in [0.29, 0.717) is 5.69 Å². The van der Waals surface area contributed by atoms with Crippen molar-refractivity contribution < 1.29 is 23.6 Å². The molecule has 0 bridgehead atoms. The Hall–Kier alpha value is -3.61. The average molecular weight is 425 g/mol. The number of nitriles is 1. The topological polar surface area (TPSA) is 122 Å². The van der Waals surface area contributed by atoms with Crippen molar-refractivity contribution in [1.29, 1.82) is 5.26 Å². The van der Waals surface area contributed by atoms with Gasteiger partial charge in [0.1, 0.15) is 11.7 Å². The van der Waals surface area contributed by atoms with Gasteiger partial charge >= 0.3 is 12.2 Å². The number of rotatable bonds is 5. The van der Waals surface area contributed by atoms with Crippen LogP contribution in [0, 0.1) is 11.3 Å². The molecule has 2 aromatic rings. The number of anilines is 2. The van der Waals surface area contributed by atoms with Crippen LogP contribution in [0.5, 0.6) is 0 Å². The van der Waals surface area contributed by atoms with E-state index in [1.807, 2.05) is 12.1 Å². The number of benzene rings is 1. The van der Waals surface area contributed by atoms with E-state index in [0.717, 1.165) is 24.8 Å². The Morgan fingerprint density at radius 1 is 1.35 bits per heavy atom. The lowest BCUT2D eigenvalue weighted by molar-refractivity contribution is 0.0555. The van der Waals surface area contributed by atoms with Crippen LogP contribution in [0.15, 0.2) is 35.2 Å². The first-order chi connectivity index (χ1) is 14.7. The lowest BCUT2D eigenvalue weighted by Crippen LogP contribution is -2.43. The number of ether oxygens (including phenoxy) is 2. The summed E-state index contributed by atoms with van der Waals surface area (Å²) in [5.41, 5.74) is 0.511. The minimum absolute atomic E-state index is 0.00626. The molecular weight excluding hydrogens is 402 g/mol. The van der Waals surface area contributed by atoms with Gasteiger partial charge in [-0.1, -0.05) is 12.1 Å². The van der Waals surface area contributed by atoms with E-state index in [1.165, 1.54) is 9.80 Å². The fourth-order valence-corrected chi connectivity index (χ4v) is 3.42. The van der Waals surface area contributed by atoms with Crippen molar-refractivity contribution in [2.24, 2.45) is 0 Å². The molecule has 31 heavy (non-hydrogen) atoms. The third-order valence-electron chi connectivity index (χ3n) is 5.16. The first kappa shape index (κ1) is 20.7. The molecule has 1 aromatic carbocycles. The van der Waals surface area contributed by atoms with E-state index >= 15 is 0 Å². The highest BCUT2D eigenvalue weighted by atomic mass is 16.6. The molecule has 1 aliphatic heterocycles. The van der Waals surface area contributed by atoms with Gasteiger partial charge in [-0.3, -0.25) is 4.90 Å². The van der Waals surface area contributed by atoms with Crippen LogP contribution in [0.1, 0.15) is 39.2 Å². The third-order valence-corrected chi connectivity index (χ3v) is 5.16. The molecule has 1 aromatic heterocycles. The zero-order valence-electron chi connectivity index (χ0n) is 17.6. The Morgan fingerprint density at radius 3 is 2.61 bits per heavy atom. The van der Waals surface area contributed by atoms with Crippen molar-refractivity contribution >= 4 is 23.8 Å². The molecule has 10 heteroatoms. The van der Waals surface area contributed by atoms with E-state index in [4.69, 9.17) is 14.0 Å². The summed E-state index contributed by atoms with van der Waals surface area (Å²) < 4.78 is 15.6. The summed E-state index contributed by atoms with van der Waals surface area (Å²) >= 11 is 0. The minimum Gasteiger partial charge on any atom is -0.443 e. The second-order valence-electron chi connectivity index (χ2n) is 8.68. The Kier molecular flexibility index (Phi) is 5.05. The average Bonchev–Trinajstić information content (AvgIpc) is 3.15. The maximum absolute atomic E-state index is 12.6. The normalized spacial score (nSPS) is 19.5. The number of amides is 2. The highest BCUT2D eigenvalue weighted by Crippen LogP contribution is 2.47. The van der Waals surface area contributed by atoms with Gasteiger partial charge in [-0.2, -0.15) is 10.2 Å². The second-order valence-corrected chi connectivity index (χ2v) is 8.68. The Morgan fingerprint density at radius 2 is 2.06 bits per heavy atom. The highest BCUT2D eigenvalue weighted by Gasteiger charge is 2.45. The number of aromatic nitrogens is 2. The first-order valence-electron chi connectivity index (χ1n) is 9.98. The van der Waals surface area contributed by atoms with E-state index in [1.54, 1.807) is 32.9 Å². The molecule has 4 rings (SSSR count). The number of carbonyl (C=O) groups is 2. The van der Waals surface area contributed by atoms with Crippen LogP contribution in [-0.4, -0.2) is 47.1 Å². The van der Waals surface area contributed by atoms with Crippen molar-refractivity contribution in [3.05, 3.63) is 36.2 Å². The number of carbonyl (C=O) groups excluding carboxylic acids is 2. The molecular formula is C21H23N5O5. The van der Waals surface area contributed by atoms with E-state index in [9.17, 15) is 14.9 Å². The summed E-state index contributed by atoms with van der Waals surface area (Å²) in [4.78, 5) is 31.7. The first-order valence-corrected chi connectivity index (χ1v) is 9.98. The molecule has 0 radical (unpaired) electrons. The van der Waals surface area contributed by atoms with Crippen LogP contribution in [0.2, 0.25) is 0 Å². The summed E-state index contributed by atoms with van der Waals surface area (Å²) in [5.74, 6) is 0.0272. The summed E-state index contributed by atoms with van der Waals surface area (Å²) in [7, 11) is 0. The van der Waals surface area contributed by atoms with Gasteiger partial charge in [-0.05, 0) is 56.5 Å². The molecule has 2 fully saturated rings. The van der Waals surface area contributed by atoms with Gasteiger partial charge in [0, 0.05) is 5.69 Å².